The molecule has 0 saturated carbocycles. The Morgan fingerprint density at radius 2 is 2.12 bits per heavy atom. The van der Waals surface area contributed by atoms with Gasteiger partial charge in [0.1, 0.15) is 5.54 Å². The molecular weight excluding hydrogens is 232 g/mol. The van der Waals surface area contributed by atoms with Crippen LogP contribution in [-0.2, 0) is 14.3 Å². The van der Waals surface area contributed by atoms with Gasteiger partial charge in [0, 0.05) is 0 Å². The van der Waals surface area contributed by atoms with E-state index in [0.717, 1.165) is 13.0 Å². The molecule has 2 atom stereocenters. The highest BCUT2D eigenvalue weighted by molar-refractivity contribution is 5.90. The molecule has 1 aliphatic rings. The van der Waals surface area contributed by atoms with Crippen LogP contribution >= 0.6 is 12.4 Å². The Morgan fingerprint density at radius 1 is 1.56 bits per heavy atom. The van der Waals surface area contributed by atoms with Gasteiger partial charge in [0.15, 0.2) is 0 Å². The average molecular weight is 251 g/mol. The zero-order chi connectivity index (χ0) is 11.5. The van der Waals surface area contributed by atoms with Crippen molar-refractivity contribution in [2.45, 2.75) is 38.3 Å². The third-order valence-corrected chi connectivity index (χ3v) is 2.88. The SMILES string of the molecule is CCC(C)(NC(=O)[C@H]1CCN1)C(=O)OC.Cl. The Balaban J connectivity index is 0.00000225. The Morgan fingerprint density at radius 3 is 2.44 bits per heavy atom. The highest BCUT2D eigenvalue weighted by Crippen LogP contribution is 2.13. The monoisotopic (exact) mass is 250 g/mol. The molecule has 0 aromatic heterocycles. The summed E-state index contributed by atoms with van der Waals surface area (Å²) in [6, 6.07) is -0.152. The molecule has 1 unspecified atom stereocenters. The zero-order valence-corrected chi connectivity index (χ0v) is 10.6. The van der Waals surface area contributed by atoms with Crippen LogP contribution in [0.3, 0.4) is 0 Å². The van der Waals surface area contributed by atoms with Crippen molar-refractivity contribution < 1.29 is 14.3 Å². The summed E-state index contributed by atoms with van der Waals surface area (Å²) in [6.45, 7) is 4.37. The summed E-state index contributed by atoms with van der Waals surface area (Å²) in [5, 5.41) is 5.70. The summed E-state index contributed by atoms with van der Waals surface area (Å²) in [7, 11) is 1.32. The molecule has 2 N–H and O–H groups in total. The highest BCUT2D eigenvalue weighted by atomic mass is 35.5. The van der Waals surface area contributed by atoms with Crippen LogP contribution < -0.4 is 10.6 Å². The first-order valence-electron chi connectivity index (χ1n) is 5.17. The van der Waals surface area contributed by atoms with Crippen molar-refractivity contribution >= 4 is 24.3 Å². The van der Waals surface area contributed by atoms with Crippen LogP contribution in [0.4, 0.5) is 0 Å². The average Bonchev–Trinajstić information content (AvgIpc) is 2.13. The van der Waals surface area contributed by atoms with E-state index < -0.39 is 11.5 Å². The van der Waals surface area contributed by atoms with Gasteiger partial charge in [-0.05, 0) is 26.3 Å². The summed E-state index contributed by atoms with van der Waals surface area (Å²) >= 11 is 0. The maximum absolute atomic E-state index is 11.6. The fourth-order valence-corrected chi connectivity index (χ4v) is 1.38. The summed E-state index contributed by atoms with van der Waals surface area (Å²) in [4.78, 5) is 23.1. The van der Waals surface area contributed by atoms with E-state index in [-0.39, 0.29) is 24.4 Å². The molecule has 1 aliphatic heterocycles. The van der Waals surface area contributed by atoms with Crippen LogP contribution in [-0.4, -0.2) is 37.1 Å². The van der Waals surface area contributed by atoms with Crippen LogP contribution in [0.25, 0.3) is 0 Å². The minimum absolute atomic E-state index is 0. The van der Waals surface area contributed by atoms with Gasteiger partial charge >= 0.3 is 5.97 Å². The smallest absolute Gasteiger partial charge is 0.331 e. The van der Waals surface area contributed by atoms with Crippen molar-refractivity contribution in [2.75, 3.05) is 13.7 Å². The number of carbonyl (C=O) groups excluding carboxylic acids is 2. The van der Waals surface area contributed by atoms with Gasteiger partial charge in [0.2, 0.25) is 5.91 Å². The summed E-state index contributed by atoms with van der Waals surface area (Å²) in [5.74, 6) is -0.534. The van der Waals surface area contributed by atoms with Gasteiger partial charge in [-0.3, -0.25) is 4.79 Å². The second-order valence-corrected chi connectivity index (χ2v) is 3.96. The van der Waals surface area contributed by atoms with E-state index in [1.165, 1.54) is 7.11 Å². The minimum atomic E-state index is -0.914. The van der Waals surface area contributed by atoms with E-state index in [0.29, 0.717) is 6.42 Å². The van der Waals surface area contributed by atoms with Crippen LogP contribution in [0.5, 0.6) is 0 Å². The Kier molecular flexibility index (Phi) is 5.75. The maximum Gasteiger partial charge on any atom is 0.331 e. The van der Waals surface area contributed by atoms with Crippen molar-refractivity contribution in [1.82, 2.24) is 10.6 Å². The number of amides is 1. The normalized spacial score (nSPS) is 22.1. The number of hydrogen-bond acceptors (Lipinski definition) is 4. The lowest BCUT2D eigenvalue weighted by Crippen LogP contribution is -2.60. The largest absolute Gasteiger partial charge is 0.467 e. The molecule has 1 amide bonds. The predicted octanol–water partition coefficient (Wildman–Crippen LogP) is 0.228. The molecular formula is C10H19ClN2O3. The lowest BCUT2D eigenvalue weighted by molar-refractivity contribution is -0.150. The van der Waals surface area contributed by atoms with E-state index >= 15 is 0 Å². The van der Waals surface area contributed by atoms with Gasteiger partial charge in [-0.2, -0.15) is 0 Å². The molecule has 0 aromatic rings. The molecule has 16 heavy (non-hydrogen) atoms. The van der Waals surface area contributed by atoms with Gasteiger partial charge in [0.25, 0.3) is 0 Å². The first kappa shape index (κ1) is 15.2. The number of halogens is 1. The van der Waals surface area contributed by atoms with E-state index in [1.807, 2.05) is 6.92 Å². The van der Waals surface area contributed by atoms with Gasteiger partial charge in [-0.25, -0.2) is 4.79 Å². The number of carbonyl (C=O) groups is 2. The molecule has 0 aliphatic carbocycles. The molecule has 1 fully saturated rings. The number of rotatable bonds is 4. The quantitative estimate of drug-likeness (QED) is 0.701. The van der Waals surface area contributed by atoms with Gasteiger partial charge in [-0.1, -0.05) is 6.92 Å². The second kappa shape index (κ2) is 6.06. The summed E-state index contributed by atoms with van der Waals surface area (Å²) in [5.41, 5.74) is -0.914. The van der Waals surface area contributed by atoms with Gasteiger partial charge < -0.3 is 15.4 Å². The van der Waals surface area contributed by atoms with Crippen molar-refractivity contribution in [3.63, 3.8) is 0 Å². The van der Waals surface area contributed by atoms with Crippen LogP contribution in [0.2, 0.25) is 0 Å². The topological polar surface area (TPSA) is 67.4 Å². The highest BCUT2D eigenvalue weighted by Gasteiger charge is 2.37. The fourth-order valence-electron chi connectivity index (χ4n) is 1.38. The molecule has 0 radical (unpaired) electrons. The molecule has 5 nitrogen and oxygen atoms in total. The van der Waals surface area contributed by atoms with Crippen molar-refractivity contribution in [3.05, 3.63) is 0 Å². The number of methoxy groups -OCH3 is 1. The molecule has 1 rings (SSSR count). The first-order chi connectivity index (χ1) is 7.03. The van der Waals surface area contributed by atoms with Crippen molar-refractivity contribution in [1.29, 1.82) is 0 Å². The number of esters is 1. The molecule has 94 valence electrons. The lowest BCUT2D eigenvalue weighted by Gasteiger charge is -2.32. The Hall–Kier alpha value is -0.810. The molecule has 1 saturated heterocycles. The number of nitrogens with one attached hydrogen (secondary N) is 2. The second-order valence-electron chi connectivity index (χ2n) is 3.96. The standard InChI is InChI=1S/C10H18N2O3.ClH/c1-4-10(2,9(14)15-3)12-8(13)7-5-6-11-7;/h7,11H,4-6H2,1-3H3,(H,12,13);1H/t7-,10?;/m1./s1. The summed E-state index contributed by atoms with van der Waals surface area (Å²) < 4.78 is 4.66. The minimum Gasteiger partial charge on any atom is -0.467 e. The molecule has 1 heterocycles. The number of ether oxygens (including phenoxy) is 1. The molecule has 6 heteroatoms. The molecule has 0 aromatic carbocycles. The van der Waals surface area contributed by atoms with Crippen LogP contribution in [0.15, 0.2) is 0 Å². The van der Waals surface area contributed by atoms with E-state index in [1.54, 1.807) is 6.92 Å². The van der Waals surface area contributed by atoms with Crippen molar-refractivity contribution in [3.8, 4) is 0 Å². The predicted molar refractivity (Wildman–Crippen MR) is 62.5 cm³/mol. The Bertz CT molecular complexity index is 269. The van der Waals surface area contributed by atoms with Crippen molar-refractivity contribution in [2.24, 2.45) is 0 Å². The van der Waals surface area contributed by atoms with E-state index in [2.05, 4.69) is 15.4 Å². The third kappa shape index (κ3) is 3.09. The first-order valence-corrected chi connectivity index (χ1v) is 5.17. The van der Waals surface area contributed by atoms with Crippen LogP contribution in [0, 0.1) is 0 Å². The Labute approximate surface area is 102 Å². The number of hydrogen-bond donors (Lipinski definition) is 2. The summed E-state index contributed by atoms with van der Waals surface area (Å²) in [6.07, 6.45) is 1.34. The van der Waals surface area contributed by atoms with Crippen LogP contribution in [0.1, 0.15) is 26.7 Å². The fraction of sp³-hybridized carbons (Fsp3) is 0.800. The van der Waals surface area contributed by atoms with Gasteiger partial charge in [0.05, 0.1) is 13.2 Å². The van der Waals surface area contributed by atoms with E-state index in [9.17, 15) is 9.59 Å². The molecule has 0 bridgehead atoms. The van der Waals surface area contributed by atoms with Gasteiger partial charge in [-0.15, -0.1) is 12.4 Å². The molecule has 0 spiro atoms. The lowest BCUT2D eigenvalue weighted by atomic mass is 9.97. The zero-order valence-electron chi connectivity index (χ0n) is 9.83. The van der Waals surface area contributed by atoms with E-state index in [4.69, 9.17) is 0 Å². The third-order valence-electron chi connectivity index (χ3n) is 2.88. The maximum atomic E-state index is 11.6.